The van der Waals surface area contributed by atoms with Crippen LogP contribution >= 0.6 is 0 Å². The molecule has 0 amide bonds. The third-order valence-electron chi connectivity index (χ3n) is 3.33. The average molecular weight is 247 g/mol. The van der Waals surface area contributed by atoms with Crippen LogP contribution in [0.5, 0.6) is 0 Å². The van der Waals surface area contributed by atoms with Gasteiger partial charge < -0.3 is 5.11 Å². The number of hydrogen-bond acceptors (Lipinski definition) is 2. The van der Waals surface area contributed by atoms with Crippen molar-refractivity contribution in [1.82, 2.24) is 0 Å². The highest BCUT2D eigenvalue weighted by atomic mass is 16.2. The second-order valence-corrected chi connectivity index (χ2v) is 4.56. The van der Waals surface area contributed by atoms with E-state index in [4.69, 9.17) is 10.6 Å². The summed E-state index contributed by atoms with van der Waals surface area (Å²) in [5, 5.41) is 12.6. The molecule has 4 heteroatoms. The Morgan fingerprint density at radius 3 is 2.39 bits per heavy atom. The minimum atomic E-state index is -0.173. The lowest BCUT2D eigenvalue weighted by Crippen LogP contribution is -1.98. The number of aliphatic hydroxyl groups excluding tert-OH is 1. The van der Waals surface area contributed by atoms with Crippen LogP contribution in [0.4, 0.5) is 0 Å². The smallest absolute Gasteiger partial charge is 0.0626 e. The van der Waals surface area contributed by atoms with Gasteiger partial charge in [0.05, 0.1) is 6.04 Å². The van der Waals surface area contributed by atoms with Crippen LogP contribution in [0.2, 0.25) is 0 Å². The molecular formula is C14H21N3O. The molecule has 1 rings (SSSR count). The van der Waals surface area contributed by atoms with Crippen molar-refractivity contribution in [1.29, 1.82) is 0 Å². The fraction of sp³-hybridized carbons (Fsp3) is 0.571. The first-order valence-corrected chi connectivity index (χ1v) is 6.47. The van der Waals surface area contributed by atoms with E-state index < -0.39 is 0 Å². The van der Waals surface area contributed by atoms with Crippen LogP contribution in [0.25, 0.3) is 10.4 Å². The SMILES string of the molecule is CCC(C)c1ccc(C(CCCO)N=[N+]=[N-])cc1. The molecule has 0 aliphatic rings. The summed E-state index contributed by atoms with van der Waals surface area (Å²) < 4.78 is 0. The highest BCUT2D eigenvalue weighted by Gasteiger charge is 2.10. The fourth-order valence-electron chi connectivity index (χ4n) is 1.92. The standard InChI is InChI=1S/C14H21N3O/c1-3-11(2)12-6-8-13(9-7-12)14(16-17-15)5-4-10-18/h6-9,11,14,18H,3-5,10H2,1-2H3. The molecule has 4 nitrogen and oxygen atoms in total. The van der Waals surface area contributed by atoms with Crippen LogP contribution in [-0.2, 0) is 0 Å². The molecule has 1 N–H and O–H groups in total. The number of hydrogen-bond donors (Lipinski definition) is 1. The number of rotatable bonds is 7. The molecule has 18 heavy (non-hydrogen) atoms. The number of azide groups is 1. The van der Waals surface area contributed by atoms with Gasteiger partial charge >= 0.3 is 0 Å². The van der Waals surface area contributed by atoms with Gasteiger partial charge in [-0.3, -0.25) is 0 Å². The number of aliphatic hydroxyl groups is 1. The highest BCUT2D eigenvalue weighted by Crippen LogP contribution is 2.26. The Bertz CT molecular complexity index is 396. The number of nitrogens with zero attached hydrogens (tertiary/aromatic N) is 3. The third kappa shape index (κ3) is 4.06. The molecule has 0 aliphatic heterocycles. The first-order valence-electron chi connectivity index (χ1n) is 6.47. The van der Waals surface area contributed by atoms with E-state index >= 15 is 0 Å². The largest absolute Gasteiger partial charge is 0.396 e. The van der Waals surface area contributed by atoms with Gasteiger partial charge in [-0.1, -0.05) is 43.2 Å². The van der Waals surface area contributed by atoms with Crippen molar-refractivity contribution < 1.29 is 5.11 Å². The van der Waals surface area contributed by atoms with Gasteiger partial charge in [0, 0.05) is 11.5 Å². The highest BCUT2D eigenvalue weighted by molar-refractivity contribution is 5.27. The Balaban J connectivity index is 2.82. The van der Waals surface area contributed by atoms with Crippen molar-refractivity contribution in [3.05, 3.63) is 45.8 Å². The van der Waals surface area contributed by atoms with E-state index in [0.717, 1.165) is 12.0 Å². The molecule has 0 saturated heterocycles. The minimum Gasteiger partial charge on any atom is -0.396 e. The summed E-state index contributed by atoms with van der Waals surface area (Å²) in [5.74, 6) is 0.550. The second-order valence-electron chi connectivity index (χ2n) is 4.56. The molecule has 0 fully saturated rings. The molecule has 0 saturated carbocycles. The predicted molar refractivity (Wildman–Crippen MR) is 73.4 cm³/mol. The lowest BCUT2D eigenvalue weighted by Gasteiger charge is -2.13. The molecule has 98 valence electrons. The second kappa shape index (κ2) is 7.75. The van der Waals surface area contributed by atoms with Gasteiger partial charge in [-0.25, -0.2) is 0 Å². The van der Waals surface area contributed by atoms with Crippen molar-refractivity contribution in [3.63, 3.8) is 0 Å². The molecule has 2 atom stereocenters. The van der Waals surface area contributed by atoms with Crippen molar-refractivity contribution in [2.75, 3.05) is 6.61 Å². The van der Waals surface area contributed by atoms with Crippen molar-refractivity contribution >= 4 is 0 Å². The molecule has 0 aromatic heterocycles. The van der Waals surface area contributed by atoms with E-state index in [0.29, 0.717) is 18.8 Å². The maximum atomic E-state index is 8.84. The summed E-state index contributed by atoms with van der Waals surface area (Å²) in [5.41, 5.74) is 10.9. The van der Waals surface area contributed by atoms with E-state index in [2.05, 4.69) is 36.0 Å². The lowest BCUT2D eigenvalue weighted by molar-refractivity contribution is 0.280. The minimum absolute atomic E-state index is 0.127. The van der Waals surface area contributed by atoms with Crippen molar-refractivity contribution in [2.45, 2.75) is 45.1 Å². The van der Waals surface area contributed by atoms with Crippen molar-refractivity contribution in [2.24, 2.45) is 5.11 Å². The van der Waals surface area contributed by atoms with Crippen molar-refractivity contribution in [3.8, 4) is 0 Å². The predicted octanol–water partition coefficient (Wildman–Crippen LogP) is 4.32. The van der Waals surface area contributed by atoms with Gasteiger partial charge in [-0.05, 0) is 41.8 Å². The Kier molecular flexibility index (Phi) is 6.26. The first-order chi connectivity index (χ1) is 8.72. The monoisotopic (exact) mass is 247 g/mol. The Hall–Kier alpha value is -1.51. The van der Waals surface area contributed by atoms with Gasteiger partial charge in [0.1, 0.15) is 0 Å². The van der Waals surface area contributed by atoms with E-state index in [1.165, 1.54) is 5.56 Å². The normalized spacial score (nSPS) is 13.7. The van der Waals surface area contributed by atoms with Gasteiger partial charge in [-0.15, -0.1) is 0 Å². The summed E-state index contributed by atoms with van der Waals surface area (Å²) in [6, 6.07) is 8.08. The van der Waals surface area contributed by atoms with Crippen LogP contribution in [0.3, 0.4) is 0 Å². The summed E-state index contributed by atoms with van der Waals surface area (Å²) in [6.45, 7) is 4.50. The fourth-order valence-corrected chi connectivity index (χ4v) is 1.92. The molecule has 0 bridgehead atoms. The Morgan fingerprint density at radius 1 is 1.28 bits per heavy atom. The number of benzene rings is 1. The van der Waals surface area contributed by atoms with Crippen LogP contribution in [-0.4, -0.2) is 11.7 Å². The topological polar surface area (TPSA) is 69.0 Å². The first kappa shape index (κ1) is 14.6. The van der Waals surface area contributed by atoms with E-state index in [1.54, 1.807) is 0 Å². The molecule has 2 unspecified atom stereocenters. The van der Waals surface area contributed by atoms with E-state index in [9.17, 15) is 0 Å². The van der Waals surface area contributed by atoms with Crippen LogP contribution < -0.4 is 0 Å². The third-order valence-corrected chi connectivity index (χ3v) is 3.33. The maximum Gasteiger partial charge on any atom is 0.0626 e. The molecule has 0 heterocycles. The average Bonchev–Trinajstić information content (AvgIpc) is 2.43. The van der Waals surface area contributed by atoms with Gasteiger partial charge in [-0.2, -0.15) is 0 Å². The molecule has 1 aromatic rings. The van der Waals surface area contributed by atoms with Crippen LogP contribution in [0.15, 0.2) is 29.4 Å². The molecule has 1 aromatic carbocycles. The maximum absolute atomic E-state index is 8.84. The molecular weight excluding hydrogens is 226 g/mol. The summed E-state index contributed by atoms with van der Waals surface area (Å²) in [6.07, 6.45) is 2.45. The summed E-state index contributed by atoms with van der Waals surface area (Å²) in [4.78, 5) is 2.88. The van der Waals surface area contributed by atoms with Gasteiger partial charge in [0.2, 0.25) is 0 Å². The van der Waals surface area contributed by atoms with E-state index in [1.807, 2.05) is 12.1 Å². The Morgan fingerprint density at radius 2 is 1.89 bits per heavy atom. The lowest BCUT2D eigenvalue weighted by atomic mass is 9.95. The van der Waals surface area contributed by atoms with E-state index in [-0.39, 0.29) is 12.6 Å². The zero-order valence-corrected chi connectivity index (χ0v) is 11.1. The van der Waals surface area contributed by atoms with Crippen LogP contribution in [0, 0.1) is 0 Å². The Labute approximate surface area is 108 Å². The summed E-state index contributed by atoms with van der Waals surface area (Å²) >= 11 is 0. The zero-order valence-electron chi connectivity index (χ0n) is 11.1. The molecule has 0 spiro atoms. The zero-order chi connectivity index (χ0) is 13.4. The van der Waals surface area contributed by atoms with Crippen LogP contribution in [0.1, 0.15) is 56.2 Å². The summed E-state index contributed by atoms with van der Waals surface area (Å²) in [7, 11) is 0. The van der Waals surface area contributed by atoms with Gasteiger partial charge in [0.25, 0.3) is 0 Å². The van der Waals surface area contributed by atoms with Gasteiger partial charge in [0.15, 0.2) is 0 Å². The molecule has 0 aliphatic carbocycles. The quantitative estimate of drug-likeness (QED) is 0.435. The molecule has 0 radical (unpaired) electrons.